The Morgan fingerprint density at radius 1 is 1.24 bits per heavy atom. The number of nitriles is 1. The molecule has 0 N–H and O–H groups in total. The van der Waals surface area contributed by atoms with E-state index in [1.165, 1.54) is 22.6 Å². The Balaban J connectivity index is 1.62. The average molecular weight is 360 g/mol. The molecule has 1 aromatic carbocycles. The van der Waals surface area contributed by atoms with Gasteiger partial charge in [-0.15, -0.1) is 0 Å². The fourth-order valence-electron chi connectivity index (χ4n) is 2.25. The topological polar surface area (TPSA) is 126 Å². The highest BCUT2D eigenvalue weighted by Gasteiger charge is 2.38. The Bertz CT molecular complexity index is 929. The molecule has 1 aromatic heterocycles. The summed E-state index contributed by atoms with van der Waals surface area (Å²) >= 11 is 0. The third-order valence-corrected chi connectivity index (χ3v) is 5.50. The lowest BCUT2D eigenvalue weighted by molar-refractivity contribution is -0.384. The van der Waals surface area contributed by atoms with E-state index in [4.69, 9.17) is 10.00 Å². The SMILES string of the molecule is N#Cc1ccc(OC2CN(S(=O)(=O)c3ccc([N+](=O)[O-])cc3)C2)nc1. The van der Waals surface area contributed by atoms with E-state index in [1.807, 2.05) is 6.07 Å². The predicted molar refractivity (Wildman–Crippen MR) is 85.2 cm³/mol. The van der Waals surface area contributed by atoms with Crippen LogP contribution in [-0.2, 0) is 10.0 Å². The van der Waals surface area contributed by atoms with Crippen molar-refractivity contribution in [2.24, 2.45) is 0 Å². The lowest BCUT2D eigenvalue weighted by atomic mass is 10.2. The largest absolute Gasteiger partial charge is 0.472 e. The van der Waals surface area contributed by atoms with Gasteiger partial charge in [-0.05, 0) is 18.2 Å². The number of nitrogens with zero attached hydrogens (tertiary/aromatic N) is 4. The van der Waals surface area contributed by atoms with Gasteiger partial charge in [-0.1, -0.05) is 0 Å². The minimum Gasteiger partial charge on any atom is -0.472 e. The van der Waals surface area contributed by atoms with E-state index in [0.29, 0.717) is 11.4 Å². The Hall–Kier alpha value is -3.03. The quantitative estimate of drug-likeness (QED) is 0.581. The average Bonchev–Trinajstić information content (AvgIpc) is 2.58. The van der Waals surface area contributed by atoms with Gasteiger partial charge >= 0.3 is 0 Å². The third kappa shape index (κ3) is 3.42. The van der Waals surface area contributed by atoms with Crippen molar-refractivity contribution in [2.75, 3.05) is 13.1 Å². The molecule has 9 nitrogen and oxygen atoms in total. The van der Waals surface area contributed by atoms with Gasteiger partial charge in [0.05, 0.1) is 28.5 Å². The van der Waals surface area contributed by atoms with Gasteiger partial charge < -0.3 is 4.74 Å². The van der Waals surface area contributed by atoms with E-state index in [1.54, 1.807) is 12.1 Å². The van der Waals surface area contributed by atoms with Crippen LogP contribution in [0.4, 0.5) is 5.69 Å². The van der Waals surface area contributed by atoms with Gasteiger partial charge in [0.2, 0.25) is 15.9 Å². The second kappa shape index (κ2) is 6.46. The number of ether oxygens (including phenoxy) is 1. The summed E-state index contributed by atoms with van der Waals surface area (Å²) in [6.45, 7) is 0.308. The summed E-state index contributed by atoms with van der Waals surface area (Å²) in [6.07, 6.45) is 1.03. The van der Waals surface area contributed by atoms with Crippen LogP contribution in [-0.4, -0.2) is 41.8 Å². The molecule has 2 aromatic rings. The maximum Gasteiger partial charge on any atom is 0.269 e. The van der Waals surface area contributed by atoms with Gasteiger partial charge in [-0.2, -0.15) is 9.57 Å². The number of hydrogen-bond donors (Lipinski definition) is 0. The number of non-ortho nitro benzene ring substituents is 1. The summed E-state index contributed by atoms with van der Waals surface area (Å²) in [7, 11) is -3.71. The second-order valence-electron chi connectivity index (χ2n) is 5.31. The minimum absolute atomic E-state index is 0.00644. The predicted octanol–water partition coefficient (Wildman–Crippen LogP) is 1.31. The summed E-state index contributed by atoms with van der Waals surface area (Å²) < 4.78 is 31.6. The van der Waals surface area contributed by atoms with Gasteiger partial charge in [0.1, 0.15) is 12.2 Å². The Morgan fingerprint density at radius 3 is 2.44 bits per heavy atom. The van der Waals surface area contributed by atoms with Crippen molar-refractivity contribution < 1.29 is 18.1 Å². The molecular formula is C15H12N4O5S. The highest BCUT2D eigenvalue weighted by atomic mass is 32.2. The van der Waals surface area contributed by atoms with E-state index < -0.39 is 14.9 Å². The highest BCUT2D eigenvalue weighted by molar-refractivity contribution is 7.89. The molecule has 0 saturated carbocycles. The molecule has 0 bridgehead atoms. The number of rotatable bonds is 5. The van der Waals surface area contributed by atoms with E-state index in [2.05, 4.69) is 4.98 Å². The molecule has 3 rings (SSSR count). The Labute approximate surface area is 143 Å². The highest BCUT2D eigenvalue weighted by Crippen LogP contribution is 2.25. The molecule has 128 valence electrons. The molecule has 1 fully saturated rings. The number of nitro groups is 1. The fraction of sp³-hybridized carbons (Fsp3) is 0.200. The normalized spacial score (nSPS) is 15.2. The first-order chi connectivity index (χ1) is 11.9. The van der Waals surface area contributed by atoms with Gasteiger partial charge in [-0.25, -0.2) is 13.4 Å². The number of benzene rings is 1. The van der Waals surface area contributed by atoms with Gasteiger partial charge in [0.15, 0.2) is 0 Å². The number of aromatic nitrogens is 1. The van der Waals surface area contributed by atoms with Crippen LogP contribution in [0.3, 0.4) is 0 Å². The van der Waals surface area contributed by atoms with Crippen molar-refractivity contribution in [2.45, 2.75) is 11.0 Å². The van der Waals surface area contributed by atoms with Crippen molar-refractivity contribution in [3.05, 3.63) is 58.3 Å². The summed E-state index contributed by atoms with van der Waals surface area (Å²) in [5.74, 6) is 0.316. The van der Waals surface area contributed by atoms with Crippen LogP contribution in [0, 0.1) is 21.4 Å². The molecule has 25 heavy (non-hydrogen) atoms. The van der Waals surface area contributed by atoms with E-state index in [9.17, 15) is 18.5 Å². The first kappa shape index (κ1) is 16.8. The molecule has 0 unspecified atom stereocenters. The zero-order valence-electron chi connectivity index (χ0n) is 12.8. The summed E-state index contributed by atoms with van der Waals surface area (Å²) in [5, 5.41) is 19.3. The molecule has 1 saturated heterocycles. The number of hydrogen-bond acceptors (Lipinski definition) is 7. The zero-order valence-corrected chi connectivity index (χ0v) is 13.6. The van der Waals surface area contributed by atoms with Crippen LogP contribution in [0.1, 0.15) is 5.56 Å². The van der Waals surface area contributed by atoms with Crippen LogP contribution in [0.2, 0.25) is 0 Å². The second-order valence-corrected chi connectivity index (χ2v) is 7.25. The summed E-state index contributed by atoms with van der Waals surface area (Å²) in [4.78, 5) is 14.0. The first-order valence-corrected chi connectivity index (χ1v) is 8.61. The molecule has 0 radical (unpaired) electrons. The number of sulfonamides is 1. The first-order valence-electron chi connectivity index (χ1n) is 7.17. The van der Waals surface area contributed by atoms with Gasteiger partial charge in [-0.3, -0.25) is 10.1 Å². The molecule has 0 aliphatic carbocycles. The van der Waals surface area contributed by atoms with Crippen LogP contribution >= 0.6 is 0 Å². The molecule has 0 atom stereocenters. The zero-order chi connectivity index (χ0) is 18.0. The smallest absolute Gasteiger partial charge is 0.269 e. The third-order valence-electron chi connectivity index (χ3n) is 3.65. The molecule has 0 amide bonds. The maximum atomic E-state index is 12.4. The summed E-state index contributed by atoms with van der Waals surface area (Å²) in [6, 6.07) is 9.79. The number of pyridine rings is 1. The van der Waals surface area contributed by atoms with Crippen LogP contribution in [0.5, 0.6) is 5.88 Å². The van der Waals surface area contributed by atoms with Gasteiger partial charge in [0.25, 0.3) is 5.69 Å². The standard InChI is InChI=1S/C15H12N4O5S/c16-7-11-1-6-15(17-8-11)24-13-9-18(10-13)25(22,23)14-4-2-12(3-5-14)19(20)21/h1-6,8,13H,9-10H2. The van der Waals surface area contributed by atoms with Crippen molar-refractivity contribution in [3.63, 3.8) is 0 Å². The lowest BCUT2D eigenvalue weighted by Gasteiger charge is -2.37. The Morgan fingerprint density at radius 2 is 1.92 bits per heavy atom. The molecule has 2 heterocycles. The monoisotopic (exact) mass is 360 g/mol. The van der Waals surface area contributed by atoms with Crippen LogP contribution < -0.4 is 4.74 Å². The van der Waals surface area contributed by atoms with Crippen molar-refractivity contribution in [3.8, 4) is 11.9 Å². The van der Waals surface area contributed by atoms with Crippen LogP contribution in [0.15, 0.2) is 47.5 Å². The lowest BCUT2D eigenvalue weighted by Crippen LogP contribution is -2.56. The van der Waals surface area contributed by atoms with E-state index >= 15 is 0 Å². The van der Waals surface area contributed by atoms with Crippen LogP contribution in [0.25, 0.3) is 0 Å². The molecule has 1 aliphatic rings. The summed E-state index contributed by atoms with van der Waals surface area (Å²) in [5.41, 5.74) is 0.235. The van der Waals surface area contributed by atoms with Crippen molar-refractivity contribution >= 4 is 15.7 Å². The molecule has 0 spiro atoms. The van der Waals surface area contributed by atoms with Crippen molar-refractivity contribution in [1.29, 1.82) is 5.26 Å². The minimum atomic E-state index is -3.71. The van der Waals surface area contributed by atoms with Crippen molar-refractivity contribution in [1.82, 2.24) is 9.29 Å². The van der Waals surface area contributed by atoms with E-state index in [-0.39, 0.29) is 29.8 Å². The number of nitro benzene ring substituents is 1. The molecule has 1 aliphatic heterocycles. The van der Waals surface area contributed by atoms with Gasteiger partial charge in [0, 0.05) is 24.4 Å². The van der Waals surface area contributed by atoms with E-state index in [0.717, 1.165) is 12.1 Å². The maximum absolute atomic E-state index is 12.4. The Kier molecular flexibility index (Phi) is 4.35. The molecular weight excluding hydrogens is 348 g/mol. The molecule has 10 heteroatoms. The fourth-order valence-corrected chi connectivity index (χ4v) is 3.75.